The van der Waals surface area contributed by atoms with Gasteiger partial charge < -0.3 is 5.32 Å². The van der Waals surface area contributed by atoms with Crippen LogP contribution in [0.1, 0.15) is 11.1 Å². The predicted octanol–water partition coefficient (Wildman–Crippen LogP) is 1.15. The van der Waals surface area contributed by atoms with E-state index in [1.807, 2.05) is 12.4 Å². The van der Waals surface area contributed by atoms with Gasteiger partial charge in [-0.3, -0.25) is 4.98 Å². The number of hydrogen-bond acceptors (Lipinski definition) is 2. The normalized spacial score (nSPS) is 17.4. The van der Waals surface area contributed by atoms with Crippen LogP contribution in [0.15, 0.2) is 18.5 Å². The fourth-order valence-electron chi connectivity index (χ4n) is 1.56. The number of nitrogens with zero attached hydrogens (tertiary/aromatic N) is 1. The molecule has 1 fully saturated rings. The van der Waals surface area contributed by atoms with Crippen molar-refractivity contribution in [3.63, 3.8) is 0 Å². The van der Waals surface area contributed by atoms with Gasteiger partial charge >= 0.3 is 0 Å². The molecular formula is C10H14N2. The van der Waals surface area contributed by atoms with Crippen molar-refractivity contribution in [1.82, 2.24) is 10.3 Å². The van der Waals surface area contributed by atoms with Crippen LogP contribution >= 0.6 is 0 Å². The molecule has 0 aromatic carbocycles. The molecule has 2 heteroatoms. The number of aromatic nitrogens is 1. The zero-order valence-electron chi connectivity index (χ0n) is 7.38. The van der Waals surface area contributed by atoms with Crippen molar-refractivity contribution in [1.29, 1.82) is 0 Å². The van der Waals surface area contributed by atoms with E-state index >= 15 is 0 Å². The Kier molecular flexibility index (Phi) is 2.09. The highest BCUT2D eigenvalue weighted by molar-refractivity contribution is 5.17. The SMILES string of the molecule is Cc1cncc(CC2CNC2)c1. The third-order valence-electron chi connectivity index (χ3n) is 2.32. The summed E-state index contributed by atoms with van der Waals surface area (Å²) in [4.78, 5) is 4.18. The lowest BCUT2D eigenvalue weighted by atomic mass is 9.95. The molecule has 2 nitrogen and oxygen atoms in total. The molecule has 0 spiro atoms. The Hall–Kier alpha value is -0.890. The monoisotopic (exact) mass is 162 g/mol. The molecule has 1 N–H and O–H groups in total. The highest BCUT2D eigenvalue weighted by Gasteiger charge is 2.16. The smallest absolute Gasteiger partial charge is 0.0300 e. The zero-order chi connectivity index (χ0) is 8.39. The molecule has 2 heterocycles. The minimum absolute atomic E-state index is 0.841. The third-order valence-corrected chi connectivity index (χ3v) is 2.32. The van der Waals surface area contributed by atoms with Crippen LogP contribution in [-0.4, -0.2) is 18.1 Å². The first kappa shape index (κ1) is 7.74. The zero-order valence-corrected chi connectivity index (χ0v) is 7.38. The Morgan fingerprint density at radius 2 is 2.33 bits per heavy atom. The van der Waals surface area contributed by atoms with Crippen LogP contribution in [0.5, 0.6) is 0 Å². The Balaban J connectivity index is 2.02. The second kappa shape index (κ2) is 3.23. The molecule has 0 bridgehead atoms. The first-order valence-corrected chi connectivity index (χ1v) is 4.46. The molecule has 0 amide bonds. The lowest BCUT2D eigenvalue weighted by Crippen LogP contribution is -2.43. The molecule has 1 saturated heterocycles. The maximum Gasteiger partial charge on any atom is 0.0300 e. The van der Waals surface area contributed by atoms with E-state index in [-0.39, 0.29) is 0 Å². The van der Waals surface area contributed by atoms with E-state index in [9.17, 15) is 0 Å². The van der Waals surface area contributed by atoms with Gasteiger partial charge in [0.1, 0.15) is 0 Å². The van der Waals surface area contributed by atoms with Crippen LogP contribution in [0.3, 0.4) is 0 Å². The molecule has 0 radical (unpaired) electrons. The summed E-state index contributed by atoms with van der Waals surface area (Å²) in [5.74, 6) is 0.841. The van der Waals surface area contributed by atoms with Gasteiger partial charge in [0, 0.05) is 12.4 Å². The third kappa shape index (κ3) is 1.64. The average molecular weight is 162 g/mol. The molecule has 0 saturated carbocycles. The molecule has 2 rings (SSSR count). The summed E-state index contributed by atoms with van der Waals surface area (Å²) in [5.41, 5.74) is 2.64. The van der Waals surface area contributed by atoms with Crippen molar-refractivity contribution in [3.8, 4) is 0 Å². The summed E-state index contributed by atoms with van der Waals surface area (Å²) in [6.07, 6.45) is 5.07. The van der Waals surface area contributed by atoms with Crippen LogP contribution in [0, 0.1) is 12.8 Å². The molecule has 0 aliphatic carbocycles. The van der Waals surface area contributed by atoms with Gasteiger partial charge in [-0.15, -0.1) is 0 Å². The van der Waals surface area contributed by atoms with Gasteiger partial charge in [0.25, 0.3) is 0 Å². The van der Waals surface area contributed by atoms with E-state index < -0.39 is 0 Å². The maximum absolute atomic E-state index is 4.18. The first-order valence-electron chi connectivity index (χ1n) is 4.46. The van der Waals surface area contributed by atoms with E-state index in [1.165, 1.54) is 30.6 Å². The molecule has 12 heavy (non-hydrogen) atoms. The molecule has 1 aromatic heterocycles. The van der Waals surface area contributed by atoms with Gasteiger partial charge in [-0.05, 0) is 43.5 Å². The number of aryl methyl sites for hydroxylation is 1. The lowest BCUT2D eigenvalue weighted by Gasteiger charge is -2.26. The van der Waals surface area contributed by atoms with Crippen LogP contribution in [0.25, 0.3) is 0 Å². The largest absolute Gasteiger partial charge is 0.316 e. The molecule has 64 valence electrons. The van der Waals surface area contributed by atoms with E-state index in [4.69, 9.17) is 0 Å². The van der Waals surface area contributed by atoms with Crippen LogP contribution < -0.4 is 5.32 Å². The Morgan fingerprint density at radius 1 is 1.50 bits per heavy atom. The second-order valence-electron chi connectivity index (χ2n) is 3.60. The summed E-state index contributed by atoms with van der Waals surface area (Å²) in [6, 6.07) is 2.23. The van der Waals surface area contributed by atoms with Gasteiger partial charge in [-0.25, -0.2) is 0 Å². The summed E-state index contributed by atoms with van der Waals surface area (Å²) in [6.45, 7) is 4.44. The Morgan fingerprint density at radius 3 is 2.92 bits per heavy atom. The minimum atomic E-state index is 0.841. The van der Waals surface area contributed by atoms with Crippen LogP contribution in [-0.2, 0) is 6.42 Å². The average Bonchev–Trinajstić information content (AvgIpc) is 1.97. The highest BCUT2D eigenvalue weighted by atomic mass is 14.9. The molecule has 1 aromatic rings. The first-order chi connectivity index (χ1) is 5.84. The van der Waals surface area contributed by atoms with Gasteiger partial charge in [0.15, 0.2) is 0 Å². The quantitative estimate of drug-likeness (QED) is 0.705. The van der Waals surface area contributed by atoms with Crippen molar-refractivity contribution >= 4 is 0 Å². The molecule has 1 aliphatic heterocycles. The second-order valence-corrected chi connectivity index (χ2v) is 3.60. The summed E-state index contributed by atoms with van der Waals surface area (Å²) < 4.78 is 0. The fraction of sp³-hybridized carbons (Fsp3) is 0.500. The number of rotatable bonds is 2. The van der Waals surface area contributed by atoms with Gasteiger partial charge in [0.2, 0.25) is 0 Å². The Bertz CT molecular complexity index is 266. The standard InChI is InChI=1S/C10H14N2/c1-8-2-9(5-11-4-8)3-10-6-12-7-10/h2,4-5,10,12H,3,6-7H2,1H3. The maximum atomic E-state index is 4.18. The summed E-state index contributed by atoms with van der Waals surface area (Å²) in [5, 5.41) is 3.28. The molecular weight excluding hydrogens is 148 g/mol. The van der Waals surface area contributed by atoms with Crippen molar-refractivity contribution in [2.24, 2.45) is 5.92 Å². The van der Waals surface area contributed by atoms with E-state index in [2.05, 4.69) is 23.3 Å². The van der Waals surface area contributed by atoms with Crippen molar-refractivity contribution in [2.75, 3.05) is 13.1 Å². The van der Waals surface area contributed by atoms with Gasteiger partial charge in [-0.2, -0.15) is 0 Å². The number of pyridine rings is 1. The van der Waals surface area contributed by atoms with Gasteiger partial charge in [0.05, 0.1) is 0 Å². The van der Waals surface area contributed by atoms with Crippen molar-refractivity contribution in [2.45, 2.75) is 13.3 Å². The molecule has 0 unspecified atom stereocenters. The summed E-state index contributed by atoms with van der Waals surface area (Å²) >= 11 is 0. The molecule has 1 aliphatic rings. The predicted molar refractivity (Wildman–Crippen MR) is 49.0 cm³/mol. The highest BCUT2D eigenvalue weighted by Crippen LogP contribution is 2.12. The summed E-state index contributed by atoms with van der Waals surface area (Å²) in [7, 11) is 0. The van der Waals surface area contributed by atoms with E-state index in [1.54, 1.807) is 0 Å². The fourth-order valence-corrected chi connectivity index (χ4v) is 1.56. The topological polar surface area (TPSA) is 24.9 Å². The lowest BCUT2D eigenvalue weighted by molar-refractivity contribution is 0.346. The van der Waals surface area contributed by atoms with Crippen molar-refractivity contribution < 1.29 is 0 Å². The Labute approximate surface area is 73.0 Å². The van der Waals surface area contributed by atoms with Crippen LogP contribution in [0.2, 0.25) is 0 Å². The van der Waals surface area contributed by atoms with E-state index in [0.717, 1.165) is 5.92 Å². The molecule has 0 atom stereocenters. The van der Waals surface area contributed by atoms with E-state index in [0.29, 0.717) is 0 Å². The number of nitrogens with one attached hydrogen (secondary N) is 1. The number of hydrogen-bond donors (Lipinski definition) is 1. The minimum Gasteiger partial charge on any atom is -0.316 e. The van der Waals surface area contributed by atoms with Crippen molar-refractivity contribution in [3.05, 3.63) is 29.6 Å². The van der Waals surface area contributed by atoms with Gasteiger partial charge in [-0.1, -0.05) is 6.07 Å². The van der Waals surface area contributed by atoms with Crippen LogP contribution in [0.4, 0.5) is 0 Å².